The van der Waals surface area contributed by atoms with E-state index in [1.165, 1.54) is 36.4 Å². The lowest BCUT2D eigenvalue weighted by molar-refractivity contribution is -0.142. The molecule has 2 aromatic carbocycles. The Morgan fingerprint density at radius 2 is 1.30 bits per heavy atom. The molecular formula is C27H33N5O8. The molecule has 1 fully saturated rings. The molecule has 1 aliphatic rings. The lowest BCUT2D eigenvalue weighted by Gasteiger charge is -2.25. The fraction of sp³-hybridized carbons (Fsp3) is 0.370. The summed E-state index contributed by atoms with van der Waals surface area (Å²) in [6.45, 7) is 0.655. The largest absolute Gasteiger partial charge is 0.508 e. The molecule has 0 bridgehead atoms. The average molecular weight is 556 g/mol. The van der Waals surface area contributed by atoms with Crippen LogP contribution in [-0.2, 0) is 36.8 Å². The first-order valence-corrected chi connectivity index (χ1v) is 12.7. The van der Waals surface area contributed by atoms with Gasteiger partial charge < -0.3 is 42.3 Å². The Balaban J connectivity index is 1.76. The maximum absolute atomic E-state index is 13.3. The maximum Gasteiger partial charge on any atom is 0.326 e. The minimum atomic E-state index is -1.52. The van der Waals surface area contributed by atoms with Crippen molar-refractivity contribution < 1.29 is 39.3 Å². The number of benzene rings is 2. The smallest absolute Gasteiger partial charge is 0.326 e. The molecule has 40 heavy (non-hydrogen) atoms. The summed E-state index contributed by atoms with van der Waals surface area (Å²) in [4.78, 5) is 62.8. The minimum Gasteiger partial charge on any atom is -0.508 e. The molecule has 0 radical (unpaired) electrons. The van der Waals surface area contributed by atoms with Crippen LogP contribution in [0.1, 0.15) is 30.4 Å². The summed E-state index contributed by atoms with van der Waals surface area (Å²) in [5.74, 6) is -4.42. The monoisotopic (exact) mass is 555 g/mol. The van der Waals surface area contributed by atoms with Gasteiger partial charge in [-0.3, -0.25) is 19.2 Å². The number of carbonyl (C=O) groups is 5. The summed E-state index contributed by atoms with van der Waals surface area (Å²) in [5, 5.41) is 39.1. The lowest BCUT2D eigenvalue weighted by atomic mass is 10.0. The Labute approximate surface area is 230 Å². The van der Waals surface area contributed by atoms with E-state index in [0.717, 1.165) is 6.42 Å². The van der Waals surface area contributed by atoms with Gasteiger partial charge in [0.2, 0.25) is 23.6 Å². The predicted octanol–water partition coefficient (Wildman–Crippen LogP) is -0.951. The van der Waals surface area contributed by atoms with Crippen LogP contribution < -0.4 is 27.0 Å². The molecule has 13 heteroatoms. The highest BCUT2D eigenvalue weighted by molar-refractivity contribution is 5.96. The molecule has 9 N–H and O–H groups in total. The third-order valence-corrected chi connectivity index (χ3v) is 6.41. The fourth-order valence-electron chi connectivity index (χ4n) is 4.28. The van der Waals surface area contributed by atoms with E-state index in [9.17, 15) is 39.3 Å². The number of aromatic hydroxyl groups is 2. The van der Waals surface area contributed by atoms with Gasteiger partial charge in [0.05, 0.1) is 12.5 Å². The number of phenolic OH excluding ortho intramolecular Hbond substituents is 2. The van der Waals surface area contributed by atoms with Gasteiger partial charge in [-0.25, -0.2) is 4.79 Å². The van der Waals surface area contributed by atoms with E-state index < -0.39 is 60.2 Å². The molecule has 2 aromatic rings. The highest BCUT2D eigenvalue weighted by atomic mass is 16.4. The predicted molar refractivity (Wildman–Crippen MR) is 142 cm³/mol. The van der Waals surface area contributed by atoms with Crippen molar-refractivity contribution in [2.45, 2.75) is 56.3 Å². The van der Waals surface area contributed by atoms with Crippen molar-refractivity contribution in [3.8, 4) is 11.5 Å². The minimum absolute atomic E-state index is 0.00802. The number of carbonyl (C=O) groups excluding carboxylic acids is 4. The van der Waals surface area contributed by atoms with Crippen LogP contribution >= 0.6 is 0 Å². The SMILES string of the molecule is NC(=O)CC(NC(=O)C(Cc1ccc(O)cc1)NC(=O)C1CCCN1)C(=O)NC(Cc1ccc(O)cc1)C(=O)O. The number of carboxylic acids is 1. The number of nitrogens with one attached hydrogen (secondary N) is 4. The molecule has 3 rings (SSSR count). The first-order valence-electron chi connectivity index (χ1n) is 12.7. The van der Waals surface area contributed by atoms with Crippen molar-refractivity contribution >= 4 is 29.6 Å². The van der Waals surface area contributed by atoms with Gasteiger partial charge in [0.1, 0.15) is 29.6 Å². The zero-order valence-corrected chi connectivity index (χ0v) is 21.6. The van der Waals surface area contributed by atoms with Crippen molar-refractivity contribution in [1.82, 2.24) is 21.3 Å². The number of hydrogen-bond acceptors (Lipinski definition) is 8. The topological polar surface area (TPSA) is 220 Å². The number of aliphatic carboxylic acids is 1. The van der Waals surface area contributed by atoms with Gasteiger partial charge in [0, 0.05) is 12.8 Å². The fourth-order valence-corrected chi connectivity index (χ4v) is 4.28. The zero-order chi connectivity index (χ0) is 29.2. The zero-order valence-electron chi connectivity index (χ0n) is 21.6. The van der Waals surface area contributed by atoms with Gasteiger partial charge in [0.25, 0.3) is 0 Å². The van der Waals surface area contributed by atoms with Gasteiger partial charge in [-0.1, -0.05) is 24.3 Å². The molecule has 214 valence electrons. The van der Waals surface area contributed by atoms with Gasteiger partial charge in [0.15, 0.2) is 0 Å². The van der Waals surface area contributed by atoms with Crippen molar-refractivity contribution in [3.63, 3.8) is 0 Å². The van der Waals surface area contributed by atoms with Crippen LogP contribution in [0, 0.1) is 0 Å². The van der Waals surface area contributed by atoms with Crippen molar-refractivity contribution in [1.29, 1.82) is 0 Å². The van der Waals surface area contributed by atoms with Crippen LogP contribution in [0.2, 0.25) is 0 Å². The van der Waals surface area contributed by atoms with Gasteiger partial charge in [-0.2, -0.15) is 0 Å². The number of primary amides is 1. The molecule has 1 heterocycles. The summed E-state index contributed by atoms with van der Waals surface area (Å²) >= 11 is 0. The Morgan fingerprint density at radius 3 is 1.77 bits per heavy atom. The number of hydrogen-bond donors (Lipinski definition) is 8. The van der Waals surface area contributed by atoms with E-state index in [1.54, 1.807) is 12.1 Å². The normalized spacial score (nSPS) is 16.8. The van der Waals surface area contributed by atoms with E-state index in [2.05, 4.69) is 21.3 Å². The molecule has 0 aliphatic carbocycles. The Bertz CT molecular complexity index is 1210. The van der Waals surface area contributed by atoms with Crippen LogP contribution in [0.15, 0.2) is 48.5 Å². The van der Waals surface area contributed by atoms with E-state index in [-0.39, 0.29) is 24.3 Å². The first kappa shape index (κ1) is 29.9. The Hall–Kier alpha value is -4.65. The number of phenols is 2. The van der Waals surface area contributed by atoms with E-state index >= 15 is 0 Å². The summed E-state index contributed by atoms with van der Waals surface area (Å²) in [6.07, 6.45) is 0.639. The summed E-state index contributed by atoms with van der Waals surface area (Å²) < 4.78 is 0. The molecule has 4 atom stereocenters. The van der Waals surface area contributed by atoms with Gasteiger partial charge in [-0.05, 0) is 54.8 Å². The van der Waals surface area contributed by atoms with E-state index in [1.807, 2.05) is 0 Å². The molecular weight excluding hydrogens is 522 g/mol. The van der Waals surface area contributed by atoms with Crippen molar-refractivity contribution in [2.75, 3.05) is 6.54 Å². The average Bonchev–Trinajstić information content (AvgIpc) is 3.45. The molecule has 13 nitrogen and oxygen atoms in total. The third-order valence-electron chi connectivity index (χ3n) is 6.41. The van der Waals surface area contributed by atoms with E-state index in [4.69, 9.17) is 5.73 Å². The number of amides is 4. The summed E-state index contributed by atoms with van der Waals surface area (Å²) in [7, 11) is 0. The second kappa shape index (κ2) is 13.9. The summed E-state index contributed by atoms with van der Waals surface area (Å²) in [5.41, 5.74) is 6.42. The van der Waals surface area contributed by atoms with E-state index in [0.29, 0.717) is 24.1 Å². The highest BCUT2D eigenvalue weighted by Gasteiger charge is 2.32. The van der Waals surface area contributed by atoms with Gasteiger partial charge in [-0.15, -0.1) is 0 Å². The first-order chi connectivity index (χ1) is 19.0. The number of carboxylic acid groups (broad SMARTS) is 1. The molecule has 0 aromatic heterocycles. The standard InChI is InChI=1S/C27H33N5O8/c28-23(35)14-21(26(38)32-22(27(39)40)13-16-5-9-18(34)10-6-16)31-25(37)20(12-15-3-7-17(33)8-4-15)30-24(36)19-2-1-11-29-19/h3-10,19-22,29,33-34H,1-2,11-14H2,(H2,28,35)(H,30,36)(H,31,37)(H,32,38)(H,39,40). The quantitative estimate of drug-likeness (QED) is 0.152. The Kier molecular flexibility index (Phi) is 10.4. The highest BCUT2D eigenvalue weighted by Crippen LogP contribution is 2.14. The molecule has 4 unspecified atom stereocenters. The second-order valence-electron chi connectivity index (χ2n) is 9.58. The summed E-state index contributed by atoms with van der Waals surface area (Å²) in [6, 6.07) is 7.15. The van der Waals surface area contributed by atoms with Crippen LogP contribution in [0.4, 0.5) is 0 Å². The van der Waals surface area contributed by atoms with Crippen molar-refractivity contribution in [2.24, 2.45) is 5.73 Å². The maximum atomic E-state index is 13.3. The van der Waals surface area contributed by atoms with Crippen LogP contribution in [0.3, 0.4) is 0 Å². The molecule has 1 aliphatic heterocycles. The second-order valence-corrected chi connectivity index (χ2v) is 9.58. The van der Waals surface area contributed by atoms with Crippen LogP contribution in [0.25, 0.3) is 0 Å². The molecule has 4 amide bonds. The lowest BCUT2D eigenvalue weighted by Crippen LogP contribution is -2.58. The number of rotatable bonds is 13. The number of nitrogens with two attached hydrogens (primary N) is 1. The van der Waals surface area contributed by atoms with Crippen molar-refractivity contribution in [3.05, 3.63) is 59.7 Å². The molecule has 0 saturated carbocycles. The van der Waals surface area contributed by atoms with Gasteiger partial charge >= 0.3 is 5.97 Å². The molecule has 0 spiro atoms. The third kappa shape index (κ3) is 8.98. The van der Waals surface area contributed by atoms with Crippen LogP contribution in [-0.4, -0.2) is 75.6 Å². The molecule has 1 saturated heterocycles. The Morgan fingerprint density at radius 1 is 0.800 bits per heavy atom. The van der Waals surface area contributed by atoms with Crippen LogP contribution in [0.5, 0.6) is 11.5 Å².